The number of aryl methyl sites for hydroxylation is 1. The van der Waals surface area contributed by atoms with Crippen molar-refractivity contribution < 1.29 is 14.7 Å². The highest BCUT2D eigenvalue weighted by molar-refractivity contribution is 6.00. The molecular weight excluding hydrogens is 390 g/mol. The van der Waals surface area contributed by atoms with Gasteiger partial charge in [0.1, 0.15) is 0 Å². The minimum absolute atomic E-state index is 0.275. The molecule has 0 spiro atoms. The van der Waals surface area contributed by atoms with Gasteiger partial charge < -0.3 is 16.2 Å². The first kappa shape index (κ1) is 20.1. The lowest BCUT2D eigenvalue weighted by Crippen LogP contribution is -2.11. The molecule has 0 radical (unpaired) electrons. The number of nitrogens with two attached hydrogens (primary N) is 1. The molecule has 6 heteroatoms. The fraction of sp³-hybridized carbons (Fsp3) is 0.0800. The normalized spacial score (nSPS) is 10.7. The third-order valence-corrected chi connectivity index (χ3v) is 5.13. The molecule has 0 aliphatic heterocycles. The third-order valence-electron chi connectivity index (χ3n) is 5.13. The molecule has 0 fully saturated rings. The second kappa shape index (κ2) is 8.28. The highest BCUT2D eigenvalue weighted by atomic mass is 16.4. The van der Waals surface area contributed by atoms with E-state index in [9.17, 15) is 14.7 Å². The van der Waals surface area contributed by atoms with Gasteiger partial charge in [-0.15, -0.1) is 0 Å². The van der Waals surface area contributed by atoms with Crippen LogP contribution >= 0.6 is 0 Å². The number of fused-ring (bicyclic) bond motifs is 1. The summed E-state index contributed by atoms with van der Waals surface area (Å²) in [7, 11) is 0. The third kappa shape index (κ3) is 4.23. The lowest BCUT2D eigenvalue weighted by molar-refractivity contribution is 0.0697. The van der Waals surface area contributed by atoms with Crippen LogP contribution in [0, 0.1) is 6.92 Å². The van der Waals surface area contributed by atoms with Gasteiger partial charge in [0, 0.05) is 28.9 Å². The smallest absolute Gasteiger partial charge is 0.336 e. The highest BCUT2D eigenvalue weighted by Crippen LogP contribution is 2.27. The van der Waals surface area contributed by atoms with Gasteiger partial charge in [-0.25, -0.2) is 4.79 Å². The number of carbonyl (C=O) groups is 2. The fourth-order valence-electron chi connectivity index (χ4n) is 3.58. The van der Waals surface area contributed by atoms with E-state index in [1.165, 1.54) is 0 Å². The molecule has 6 nitrogen and oxygen atoms in total. The predicted molar refractivity (Wildman–Crippen MR) is 121 cm³/mol. The zero-order valence-electron chi connectivity index (χ0n) is 16.9. The van der Waals surface area contributed by atoms with Crippen LogP contribution in [0.25, 0.3) is 22.0 Å². The molecule has 154 valence electrons. The summed E-state index contributed by atoms with van der Waals surface area (Å²) < 4.78 is 0. The van der Waals surface area contributed by atoms with Crippen LogP contribution < -0.4 is 11.1 Å². The van der Waals surface area contributed by atoms with Crippen LogP contribution in [0.2, 0.25) is 0 Å². The average molecular weight is 411 g/mol. The Labute approximate surface area is 179 Å². The number of primary amides is 1. The molecule has 0 atom stereocenters. The van der Waals surface area contributed by atoms with Crippen molar-refractivity contribution in [3.8, 4) is 11.1 Å². The molecule has 0 aliphatic rings. The molecule has 1 aromatic heterocycles. The number of carboxylic acids is 1. The number of aromatic carboxylic acids is 1. The van der Waals surface area contributed by atoms with Gasteiger partial charge >= 0.3 is 5.97 Å². The van der Waals surface area contributed by atoms with E-state index in [0.29, 0.717) is 17.7 Å². The van der Waals surface area contributed by atoms with Gasteiger partial charge in [-0.1, -0.05) is 42.5 Å². The minimum Gasteiger partial charge on any atom is -0.478 e. The maximum Gasteiger partial charge on any atom is 0.336 e. The summed E-state index contributed by atoms with van der Waals surface area (Å²) in [5.74, 6) is -1.43. The molecule has 4 N–H and O–H groups in total. The van der Waals surface area contributed by atoms with Crippen molar-refractivity contribution in [1.29, 1.82) is 0 Å². The number of nitrogens with zero attached hydrogens (tertiary/aromatic N) is 1. The standard InChI is InChI=1S/C25H21N3O3/c1-15-12-23(21-13-18(24(26)29)10-11-22(21)28-15)27-14-16-6-8-17(9-7-16)19-4-2-3-5-20(19)25(30)31/h2-13H,14H2,1H3,(H2,26,29)(H,27,28)(H,30,31). The summed E-state index contributed by atoms with van der Waals surface area (Å²) in [6.07, 6.45) is 0. The van der Waals surface area contributed by atoms with E-state index in [4.69, 9.17) is 5.73 Å². The number of anilines is 1. The first-order chi connectivity index (χ1) is 14.9. The van der Waals surface area contributed by atoms with Crippen molar-refractivity contribution in [2.24, 2.45) is 5.73 Å². The Morgan fingerprint density at radius 1 is 1.00 bits per heavy atom. The first-order valence-electron chi connectivity index (χ1n) is 9.79. The number of carbonyl (C=O) groups excluding carboxylic acids is 1. The lowest BCUT2D eigenvalue weighted by Gasteiger charge is -2.12. The van der Waals surface area contributed by atoms with E-state index in [2.05, 4.69) is 10.3 Å². The number of amides is 1. The number of aromatic nitrogens is 1. The summed E-state index contributed by atoms with van der Waals surface area (Å²) >= 11 is 0. The molecule has 1 amide bonds. The van der Waals surface area contributed by atoms with Crippen LogP contribution in [0.1, 0.15) is 32.0 Å². The van der Waals surface area contributed by atoms with Crippen LogP contribution in [0.4, 0.5) is 5.69 Å². The molecule has 1 heterocycles. The maximum absolute atomic E-state index is 11.6. The zero-order valence-corrected chi connectivity index (χ0v) is 16.9. The largest absolute Gasteiger partial charge is 0.478 e. The lowest BCUT2D eigenvalue weighted by atomic mass is 9.99. The Kier molecular flexibility index (Phi) is 5.37. The van der Waals surface area contributed by atoms with E-state index in [1.54, 1.807) is 36.4 Å². The number of benzene rings is 3. The molecule has 31 heavy (non-hydrogen) atoms. The van der Waals surface area contributed by atoms with Crippen LogP contribution in [-0.4, -0.2) is 22.0 Å². The SMILES string of the molecule is Cc1cc(NCc2ccc(-c3ccccc3C(=O)O)cc2)c2cc(C(N)=O)ccc2n1. The van der Waals surface area contributed by atoms with Gasteiger partial charge in [-0.05, 0) is 53.9 Å². The first-order valence-corrected chi connectivity index (χ1v) is 9.79. The number of carboxylic acid groups (broad SMARTS) is 1. The van der Waals surface area contributed by atoms with Crippen LogP contribution in [-0.2, 0) is 6.54 Å². The fourth-order valence-corrected chi connectivity index (χ4v) is 3.58. The molecule has 0 saturated carbocycles. The Morgan fingerprint density at radius 3 is 2.45 bits per heavy atom. The summed E-state index contributed by atoms with van der Waals surface area (Å²) in [6.45, 7) is 2.47. The summed E-state index contributed by atoms with van der Waals surface area (Å²) in [5, 5.41) is 13.7. The second-order valence-corrected chi connectivity index (χ2v) is 7.31. The average Bonchev–Trinajstić information content (AvgIpc) is 2.77. The van der Waals surface area contributed by atoms with Crippen molar-refractivity contribution in [2.45, 2.75) is 13.5 Å². The maximum atomic E-state index is 11.6. The summed E-state index contributed by atoms with van der Waals surface area (Å²) in [5.41, 5.74) is 11.2. The van der Waals surface area contributed by atoms with Gasteiger partial charge in [0.05, 0.1) is 11.1 Å². The topological polar surface area (TPSA) is 105 Å². The second-order valence-electron chi connectivity index (χ2n) is 7.31. The Balaban J connectivity index is 1.59. The number of pyridine rings is 1. The number of rotatable bonds is 6. The molecule has 4 rings (SSSR count). The van der Waals surface area contributed by atoms with E-state index in [-0.39, 0.29) is 5.56 Å². The van der Waals surface area contributed by atoms with E-state index in [1.807, 2.05) is 43.3 Å². The number of nitrogens with one attached hydrogen (secondary N) is 1. The monoisotopic (exact) mass is 411 g/mol. The van der Waals surface area contributed by atoms with E-state index < -0.39 is 11.9 Å². The van der Waals surface area contributed by atoms with Crippen molar-refractivity contribution in [3.63, 3.8) is 0 Å². The molecular formula is C25H21N3O3. The van der Waals surface area contributed by atoms with Crippen molar-refractivity contribution in [2.75, 3.05) is 5.32 Å². The Hall–Kier alpha value is -4.19. The predicted octanol–water partition coefficient (Wildman–Crippen LogP) is 4.62. The molecule has 0 unspecified atom stereocenters. The van der Waals surface area contributed by atoms with Gasteiger partial charge in [-0.2, -0.15) is 0 Å². The molecule has 0 aliphatic carbocycles. The van der Waals surface area contributed by atoms with Gasteiger partial charge in [0.25, 0.3) is 0 Å². The summed E-state index contributed by atoms with van der Waals surface area (Å²) in [6, 6.07) is 21.9. The van der Waals surface area contributed by atoms with Gasteiger partial charge in [0.2, 0.25) is 5.91 Å². The minimum atomic E-state index is -0.948. The molecule has 0 saturated heterocycles. The molecule has 0 bridgehead atoms. The zero-order chi connectivity index (χ0) is 22.0. The van der Waals surface area contributed by atoms with Gasteiger partial charge in [-0.3, -0.25) is 9.78 Å². The molecule has 3 aromatic carbocycles. The number of hydrogen-bond acceptors (Lipinski definition) is 4. The van der Waals surface area contributed by atoms with Crippen molar-refractivity contribution in [1.82, 2.24) is 4.98 Å². The van der Waals surface area contributed by atoms with Crippen LogP contribution in [0.3, 0.4) is 0 Å². The van der Waals surface area contributed by atoms with Gasteiger partial charge in [0.15, 0.2) is 0 Å². The molecule has 4 aromatic rings. The summed E-state index contributed by atoms with van der Waals surface area (Å²) in [4.78, 5) is 27.6. The Bertz CT molecular complexity index is 1300. The van der Waals surface area contributed by atoms with E-state index >= 15 is 0 Å². The quantitative estimate of drug-likeness (QED) is 0.429. The Morgan fingerprint density at radius 2 is 1.74 bits per heavy atom. The number of hydrogen-bond donors (Lipinski definition) is 3. The van der Waals surface area contributed by atoms with E-state index in [0.717, 1.165) is 33.4 Å². The van der Waals surface area contributed by atoms with Crippen molar-refractivity contribution in [3.05, 3.63) is 95.2 Å². The van der Waals surface area contributed by atoms with Crippen molar-refractivity contribution >= 4 is 28.5 Å². The van der Waals surface area contributed by atoms with Crippen LogP contribution in [0.15, 0.2) is 72.8 Å². The van der Waals surface area contributed by atoms with Crippen LogP contribution in [0.5, 0.6) is 0 Å². The highest BCUT2D eigenvalue weighted by Gasteiger charge is 2.11.